The Morgan fingerprint density at radius 2 is 1.87 bits per heavy atom. The third-order valence-electron chi connectivity index (χ3n) is 7.08. The van der Waals surface area contributed by atoms with Crippen LogP contribution in [0, 0.1) is 6.92 Å². The van der Waals surface area contributed by atoms with E-state index in [1.165, 1.54) is 12.8 Å². The van der Waals surface area contributed by atoms with E-state index in [1.807, 2.05) is 4.90 Å². The van der Waals surface area contributed by atoms with Crippen LogP contribution in [-0.2, 0) is 0 Å². The number of aromatic amines is 1. The molecule has 11 nitrogen and oxygen atoms in total. The van der Waals surface area contributed by atoms with E-state index in [9.17, 15) is 14.7 Å². The number of H-pyrrole nitrogens is 1. The Hall–Kier alpha value is -3.28. The van der Waals surface area contributed by atoms with Gasteiger partial charge in [0.1, 0.15) is 6.29 Å². The van der Waals surface area contributed by atoms with Crippen molar-refractivity contribution >= 4 is 23.7 Å². The highest BCUT2D eigenvalue weighted by molar-refractivity contribution is 6.30. The van der Waals surface area contributed by atoms with Gasteiger partial charge in [0.25, 0.3) is 11.4 Å². The smallest absolute Gasteiger partial charge is 0.291 e. The average molecular weight is 544 g/mol. The van der Waals surface area contributed by atoms with E-state index in [2.05, 4.69) is 43.9 Å². The van der Waals surface area contributed by atoms with Gasteiger partial charge in [-0.3, -0.25) is 14.5 Å². The second-order valence-corrected chi connectivity index (χ2v) is 10.1. The lowest BCUT2D eigenvalue weighted by atomic mass is 9.98. The molecule has 12 heteroatoms. The standard InChI is InChI=1S/C19H29N7O3.C7H5ClO/c1-4-13-11-25(9-10-26(13)14-5-7-24(3)8-6-14)16-18(28)20-15(17(27)21-16)19-23-22-12(2)29-19;8-7-3-1-6(5-9)2-4-7/h13-14H,4-11H2,1-3H3,(H,20,28)(H,21,27);1-5H. The monoisotopic (exact) mass is 543 g/mol. The number of aromatic hydroxyl groups is 1. The zero-order valence-corrected chi connectivity index (χ0v) is 22.7. The first-order valence-electron chi connectivity index (χ1n) is 12.8. The van der Waals surface area contributed by atoms with Gasteiger partial charge in [-0.25, -0.2) is 0 Å². The minimum absolute atomic E-state index is 0.0506. The maximum Gasteiger partial charge on any atom is 0.291 e. The number of anilines is 1. The van der Waals surface area contributed by atoms with Gasteiger partial charge in [-0.15, -0.1) is 10.2 Å². The molecule has 0 spiro atoms. The summed E-state index contributed by atoms with van der Waals surface area (Å²) >= 11 is 5.55. The van der Waals surface area contributed by atoms with Gasteiger partial charge in [-0.1, -0.05) is 30.7 Å². The molecule has 5 rings (SSSR count). The molecule has 0 radical (unpaired) electrons. The highest BCUT2D eigenvalue weighted by atomic mass is 35.5. The number of benzene rings is 1. The summed E-state index contributed by atoms with van der Waals surface area (Å²) in [4.78, 5) is 36.6. The lowest BCUT2D eigenvalue weighted by Gasteiger charge is -2.47. The fourth-order valence-electron chi connectivity index (χ4n) is 4.97. The van der Waals surface area contributed by atoms with Crippen molar-refractivity contribution in [3.05, 3.63) is 51.1 Å². The van der Waals surface area contributed by atoms with Gasteiger partial charge in [0.05, 0.1) is 0 Å². The van der Waals surface area contributed by atoms with Crippen molar-refractivity contribution in [2.45, 2.75) is 45.2 Å². The summed E-state index contributed by atoms with van der Waals surface area (Å²) in [5.74, 6) is 0.327. The van der Waals surface area contributed by atoms with Crippen molar-refractivity contribution in [2.75, 3.05) is 44.7 Å². The van der Waals surface area contributed by atoms with Crippen LogP contribution in [0.5, 0.6) is 5.88 Å². The van der Waals surface area contributed by atoms with Crippen molar-refractivity contribution in [3.63, 3.8) is 0 Å². The Morgan fingerprint density at radius 1 is 1.16 bits per heavy atom. The Bertz CT molecular complexity index is 1270. The summed E-state index contributed by atoms with van der Waals surface area (Å²) in [6.45, 7) is 8.41. The number of hydrogen-bond donors (Lipinski definition) is 2. The number of piperazine rings is 1. The number of carbonyl (C=O) groups is 1. The topological polar surface area (TPSA) is 132 Å². The molecule has 2 aliphatic heterocycles. The zero-order chi connectivity index (χ0) is 27.2. The summed E-state index contributed by atoms with van der Waals surface area (Å²) in [5, 5.41) is 18.6. The number of hydrogen-bond acceptors (Lipinski definition) is 10. The Kier molecular flexibility index (Phi) is 9.13. The zero-order valence-electron chi connectivity index (χ0n) is 21.9. The Balaban J connectivity index is 0.000000317. The van der Waals surface area contributed by atoms with Gasteiger partial charge in [0.2, 0.25) is 11.8 Å². The molecule has 2 fully saturated rings. The molecule has 2 aliphatic rings. The number of halogens is 1. The minimum atomic E-state index is -0.365. The largest absolute Gasteiger partial charge is 0.492 e. The predicted octanol–water partition coefficient (Wildman–Crippen LogP) is 2.98. The molecule has 0 aliphatic carbocycles. The molecule has 1 aromatic carbocycles. The first-order chi connectivity index (χ1) is 18.3. The van der Waals surface area contributed by atoms with Crippen molar-refractivity contribution in [1.29, 1.82) is 0 Å². The van der Waals surface area contributed by atoms with Crippen LogP contribution < -0.4 is 10.5 Å². The molecule has 2 N–H and O–H groups in total. The highest BCUT2D eigenvalue weighted by Gasteiger charge is 2.34. The van der Waals surface area contributed by atoms with Crippen LogP contribution in [0.25, 0.3) is 11.6 Å². The fraction of sp³-hybridized carbons (Fsp3) is 0.500. The van der Waals surface area contributed by atoms with E-state index in [0.717, 1.165) is 38.9 Å². The average Bonchev–Trinajstić information content (AvgIpc) is 3.36. The molecule has 3 aromatic rings. The maximum absolute atomic E-state index is 12.7. The number of rotatable bonds is 5. The van der Waals surface area contributed by atoms with Crippen LogP contribution >= 0.6 is 11.6 Å². The first kappa shape index (κ1) is 27.7. The van der Waals surface area contributed by atoms with Gasteiger partial charge in [-0.2, -0.15) is 4.98 Å². The van der Waals surface area contributed by atoms with E-state index in [0.29, 0.717) is 35.1 Å². The molecule has 1 unspecified atom stereocenters. The number of aromatic nitrogens is 4. The molecule has 1 atom stereocenters. The van der Waals surface area contributed by atoms with Crippen LogP contribution in [0.4, 0.5) is 5.82 Å². The van der Waals surface area contributed by atoms with E-state index >= 15 is 0 Å². The summed E-state index contributed by atoms with van der Waals surface area (Å²) in [6, 6.07) is 7.68. The molecule has 38 heavy (non-hydrogen) atoms. The highest BCUT2D eigenvalue weighted by Crippen LogP contribution is 2.27. The molecule has 0 bridgehead atoms. The summed E-state index contributed by atoms with van der Waals surface area (Å²) in [5.41, 5.74) is 0.340. The fourth-order valence-corrected chi connectivity index (χ4v) is 5.09. The van der Waals surface area contributed by atoms with Crippen molar-refractivity contribution in [2.24, 2.45) is 0 Å². The summed E-state index contributed by atoms with van der Waals surface area (Å²) in [7, 11) is 2.18. The van der Waals surface area contributed by atoms with E-state index < -0.39 is 0 Å². The number of nitrogens with one attached hydrogen (secondary N) is 1. The van der Waals surface area contributed by atoms with Crippen LogP contribution in [0.2, 0.25) is 5.02 Å². The normalized spacial score (nSPS) is 19.2. The predicted molar refractivity (Wildman–Crippen MR) is 145 cm³/mol. The van der Waals surface area contributed by atoms with Gasteiger partial charge in [0, 0.05) is 49.2 Å². The number of aryl methyl sites for hydroxylation is 1. The van der Waals surface area contributed by atoms with Crippen molar-refractivity contribution in [1.82, 2.24) is 30.0 Å². The second-order valence-electron chi connectivity index (χ2n) is 9.66. The van der Waals surface area contributed by atoms with E-state index in [4.69, 9.17) is 16.0 Å². The van der Waals surface area contributed by atoms with Crippen LogP contribution in [0.3, 0.4) is 0 Å². The van der Waals surface area contributed by atoms with Gasteiger partial charge in [0.15, 0.2) is 11.5 Å². The lowest BCUT2D eigenvalue weighted by molar-refractivity contribution is 0.0700. The summed E-state index contributed by atoms with van der Waals surface area (Å²) in [6.07, 6.45) is 4.16. The first-order valence-corrected chi connectivity index (χ1v) is 13.2. The lowest BCUT2D eigenvalue weighted by Crippen LogP contribution is -2.58. The van der Waals surface area contributed by atoms with Crippen LogP contribution in [-0.4, -0.2) is 93.2 Å². The van der Waals surface area contributed by atoms with Gasteiger partial charge < -0.3 is 24.3 Å². The molecule has 204 valence electrons. The number of aldehydes is 1. The van der Waals surface area contributed by atoms with Crippen molar-refractivity contribution < 1.29 is 14.3 Å². The Morgan fingerprint density at radius 3 is 2.47 bits per heavy atom. The maximum atomic E-state index is 12.7. The molecular weight excluding hydrogens is 510 g/mol. The number of piperidine rings is 1. The quantitative estimate of drug-likeness (QED) is 0.463. The summed E-state index contributed by atoms with van der Waals surface area (Å²) < 4.78 is 5.30. The molecule has 2 aromatic heterocycles. The van der Waals surface area contributed by atoms with Gasteiger partial charge >= 0.3 is 0 Å². The van der Waals surface area contributed by atoms with Crippen LogP contribution in [0.1, 0.15) is 42.4 Å². The third kappa shape index (κ3) is 6.58. The molecular formula is C26H34ClN7O4. The minimum Gasteiger partial charge on any atom is -0.492 e. The van der Waals surface area contributed by atoms with E-state index in [1.54, 1.807) is 31.2 Å². The number of likely N-dealkylation sites (tertiary alicyclic amines) is 1. The third-order valence-corrected chi connectivity index (χ3v) is 7.33. The molecule has 2 saturated heterocycles. The molecule has 0 saturated carbocycles. The van der Waals surface area contributed by atoms with E-state index in [-0.39, 0.29) is 28.8 Å². The Labute approximate surface area is 226 Å². The number of carbonyl (C=O) groups excluding carboxylic acids is 1. The SMILES string of the molecule is CCC1CN(c2nc(O)c(-c3nnc(C)o3)[nH]c2=O)CCN1C1CCN(C)CC1.O=Cc1ccc(Cl)cc1. The number of nitrogens with zero attached hydrogens (tertiary/aromatic N) is 6. The van der Waals surface area contributed by atoms with Gasteiger partial charge in [-0.05, 0) is 51.5 Å². The molecule has 0 amide bonds. The molecule has 4 heterocycles. The van der Waals surface area contributed by atoms with Crippen molar-refractivity contribution in [3.8, 4) is 17.5 Å². The second kappa shape index (κ2) is 12.5. The van der Waals surface area contributed by atoms with Crippen LogP contribution in [0.15, 0.2) is 33.5 Å².